The van der Waals surface area contributed by atoms with Crippen LogP contribution < -0.4 is 5.73 Å². The Kier molecular flexibility index (Phi) is 3.22. The van der Waals surface area contributed by atoms with E-state index in [-0.39, 0.29) is 18.0 Å². The van der Waals surface area contributed by atoms with Crippen molar-refractivity contribution in [1.82, 2.24) is 4.90 Å². The highest BCUT2D eigenvalue weighted by Crippen LogP contribution is 2.51. The van der Waals surface area contributed by atoms with Crippen LogP contribution in [0.1, 0.15) is 44.9 Å². The molecule has 2 aliphatic heterocycles. The minimum absolute atomic E-state index is 0.152. The van der Waals surface area contributed by atoms with Gasteiger partial charge < -0.3 is 10.6 Å². The number of rotatable bonds is 3. The monoisotopic (exact) mass is 304 g/mol. The van der Waals surface area contributed by atoms with Crippen LogP contribution in [0.15, 0.2) is 0 Å². The van der Waals surface area contributed by atoms with E-state index in [1.165, 1.54) is 0 Å². The number of hydrogen-bond donors (Lipinski definition) is 1. The number of amides is 2. The van der Waals surface area contributed by atoms with Crippen LogP contribution in [0, 0.1) is 11.3 Å². The van der Waals surface area contributed by atoms with Gasteiger partial charge in [0.15, 0.2) is 0 Å². The fourth-order valence-corrected chi connectivity index (χ4v) is 4.05. The highest BCUT2D eigenvalue weighted by atomic mass is 19.4. The minimum Gasteiger partial charge on any atom is -0.369 e. The number of nitrogens with two attached hydrogens (primary N) is 1. The Hall–Kier alpha value is -1.27. The van der Waals surface area contributed by atoms with Crippen molar-refractivity contribution in [1.29, 1.82) is 0 Å². The Labute approximate surface area is 120 Å². The van der Waals surface area contributed by atoms with E-state index in [0.717, 1.165) is 12.8 Å². The number of piperidine rings is 1. The molecule has 0 aromatic carbocycles. The van der Waals surface area contributed by atoms with Crippen LogP contribution in [0.2, 0.25) is 0 Å². The van der Waals surface area contributed by atoms with E-state index in [4.69, 9.17) is 5.73 Å². The van der Waals surface area contributed by atoms with Gasteiger partial charge in [-0.15, -0.1) is 0 Å². The lowest BCUT2D eigenvalue weighted by molar-refractivity contribution is -0.155. The summed E-state index contributed by atoms with van der Waals surface area (Å²) < 4.78 is 37.6. The van der Waals surface area contributed by atoms with Crippen molar-refractivity contribution in [2.24, 2.45) is 17.1 Å². The summed E-state index contributed by atoms with van der Waals surface area (Å²) in [5, 5.41) is 0. The smallest absolute Gasteiger partial charge is 0.369 e. The molecule has 2 unspecified atom stereocenters. The van der Waals surface area contributed by atoms with Gasteiger partial charge >= 0.3 is 6.18 Å². The number of primary amides is 1. The van der Waals surface area contributed by atoms with E-state index in [1.54, 1.807) is 4.90 Å². The van der Waals surface area contributed by atoms with Gasteiger partial charge in [-0.3, -0.25) is 9.59 Å². The first-order valence-electron chi connectivity index (χ1n) is 7.42. The maximum atomic E-state index is 12.6. The fourth-order valence-electron chi connectivity index (χ4n) is 4.05. The first-order chi connectivity index (χ1) is 9.73. The van der Waals surface area contributed by atoms with E-state index in [0.29, 0.717) is 25.7 Å². The number of fused-ring (bicyclic) bond motifs is 2. The molecule has 0 aromatic heterocycles. The van der Waals surface area contributed by atoms with Crippen LogP contribution in [-0.2, 0) is 9.59 Å². The van der Waals surface area contributed by atoms with Crippen molar-refractivity contribution in [2.75, 3.05) is 0 Å². The normalized spacial score (nSPS) is 33.9. The molecule has 0 radical (unpaired) electrons. The Morgan fingerprint density at radius 3 is 2.05 bits per heavy atom. The number of carbonyl (C=O) groups excluding carboxylic acids is 2. The van der Waals surface area contributed by atoms with Gasteiger partial charge in [0.25, 0.3) is 0 Å². The molecule has 4 nitrogen and oxygen atoms in total. The molecular weight excluding hydrogens is 285 g/mol. The topological polar surface area (TPSA) is 63.4 Å². The second-order valence-electron chi connectivity index (χ2n) is 6.70. The van der Waals surface area contributed by atoms with Gasteiger partial charge in [-0.1, -0.05) is 0 Å². The van der Waals surface area contributed by atoms with Gasteiger partial charge in [0, 0.05) is 18.5 Å². The van der Waals surface area contributed by atoms with E-state index >= 15 is 0 Å². The summed E-state index contributed by atoms with van der Waals surface area (Å²) >= 11 is 0. The molecule has 3 rings (SSSR count). The summed E-state index contributed by atoms with van der Waals surface area (Å²) in [5.74, 6) is -1.24. The highest BCUT2D eigenvalue weighted by Gasteiger charge is 2.60. The van der Waals surface area contributed by atoms with Gasteiger partial charge in [0.05, 0.1) is 0 Å². The van der Waals surface area contributed by atoms with Crippen molar-refractivity contribution in [3.63, 3.8) is 0 Å². The van der Waals surface area contributed by atoms with Gasteiger partial charge in [-0.25, -0.2) is 0 Å². The number of carbonyl (C=O) groups is 2. The third kappa shape index (κ3) is 2.51. The first kappa shape index (κ1) is 14.7. The van der Waals surface area contributed by atoms with Gasteiger partial charge in [0.1, 0.15) is 5.41 Å². The average molecular weight is 304 g/mol. The molecule has 118 valence electrons. The van der Waals surface area contributed by atoms with E-state index < -0.39 is 29.8 Å². The van der Waals surface area contributed by atoms with Crippen molar-refractivity contribution < 1.29 is 22.8 Å². The third-order valence-corrected chi connectivity index (χ3v) is 5.22. The zero-order chi connectivity index (χ0) is 15.4. The average Bonchev–Trinajstić information content (AvgIpc) is 3.09. The van der Waals surface area contributed by atoms with Gasteiger partial charge in [0.2, 0.25) is 11.8 Å². The standard InChI is InChI=1S/C14H19F3N2O2/c15-14(16,17)7-8-5-9-1-2-10(6-8)19(9)12(21)13(3-4-13)11(18)20/h8-10H,1-7H2,(H2,18,20). The molecule has 3 aliphatic rings. The number of hydrogen-bond acceptors (Lipinski definition) is 2. The Morgan fingerprint density at radius 2 is 1.67 bits per heavy atom. The van der Waals surface area contributed by atoms with Crippen molar-refractivity contribution in [3.8, 4) is 0 Å². The van der Waals surface area contributed by atoms with Crippen molar-refractivity contribution in [2.45, 2.75) is 63.2 Å². The van der Waals surface area contributed by atoms with Crippen LogP contribution >= 0.6 is 0 Å². The lowest BCUT2D eigenvalue weighted by atomic mass is 9.86. The molecule has 1 saturated carbocycles. The Bertz CT molecular complexity index is 459. The van der Waals surface area contributed by atoms with Crippen molar-refractivity contribution in [3.05, 3.63) is 0 Å². The Balaban J connectivity index is 1.71. The summed E-state index contributed by atoms with van der Waals surface area (Å²) in [6.07, 6.45) is -1.73. The SMILES string of the molecule is NC(=O)C1(C(=O)N2C3CCC2CC(CC(F)(F)F)C3)CC1. The molecule has 0 spiro atoms. The summed E-state index contributed by atoms with van der Waals surface area (Å²) in [6.45, 7) is 0. The maximum absolute atomic E-state index is 12.6. The minimum atomic E-state index is -4.15. The molecule has 2 saturated heterocycles. The molecule has 7 heteroatoms. The van der Waals surface area contributed by atoms with E-state index in [1.807, 2.05) is 0 Å². The lowest BCUT2D eigenvalue weighted by Gasteiger charge is -2.40. The van der Waals surface area contributed by atoms with Gasteiger partial charge in [-0.05, 0) is 44.4 Å². The largest absolute Gasteiger partial charge is 0.389 e. The van der Waals surface area contributed by atoms with Crippen molar-refractivity contribution >= 4 is 11.8 Å². The molecule has 21 heavy (non-hydrogen) atoms. The predicted octanol–water partition coefficient (Wildman–Crippen LogP) is 1.97. The molecule has 2 N–H and O–H groups in total. The molecule has 2 bridgehead atoms. The van der Waals surface area contributed by atoms with Crippen LogP contribution in [0.5, 0.6) is 0 Å². The van der Waals surface area contributed by atoms with Crippen LogP contribution in [-0.4, -0.2) is 35.0 Å². The molecule has 2 atom stereocenters. The molecule has 2 amide bonds. The lowest BCUT2D eigenvalue weighted by Crippen LogP contribution is -2.52. The summed E-state index contributed by atoms with van der Waals surface area (Å²) in [7, 11) is 0. The molecule has 2 heterocycles. The second kappa shape index (κ2) is 4.61. The quantitative estimate of drug-likeness (QED) is 0.810. The number of nitrogens with zero attached hydrogens (tertiary/aromatic N) is 1. The molecule has 3 fully saturated rings. The highest BCUT2D eigenvalue weighted by molar-refractivity contribution is 6.07. The molecule has 0 aromatic rings. The predicted molar refractivity (Wildman–Crippen MR) is 67.9 cm³/mol. The fraction of sp³-hybridized carbons (Fsp3) is 0.857. The van der Waals surface area contributed by atoms with E-state index in [9.17, 15) is 22.8 Å². The summed E-state index contributed by atoms with van der Waals surface area (Å²) in [5.41, 5.74) is 4.27. The van der Waals surface area contributed by atoms with Gasteiger partial charge in [-0.2, -0.15) is 13.2 Å². The zero-order valence-electron chi connectivity index (χ0n) is 11.7. The molecular formula is C14H19F3N2O2. The first-order valence-corrected chi connectivity index (χ1v) is 7.42. The van der Waals surface area contributed by atoms with Crippen LogP contribution in [0.4, 0.5) is 13.2 Å². The Morgan fingerprint density at radius 1 is 1.14 bits per heavy atom. The molecule has 1 aliphatic carbocycles. The third-order valence-electron chi connectivity index (χ3n) is 5.22. The number of alkyl halides is 3. The van der Waals surface area contributed by atoms with Crippen LogP contribution in [0.25, 0.3) is 0 Å². The zero-order valence-corrected chi connectivity index (χ0v) is 11.7. The number of halogens is 3. The van der Waals surface area contributed by atoms with Crippen LogP contribution in [0.3, 0.4) is 0 Å². The summed E-state index contributed by atoms with van der Waals surface area (Å²) in [4.78, 5) is 25.7. The maximum Gasteiger partial charge on any atom is 0.389 e. The second-order valence-corrected chi connectivity index (χ2v) is 6.70. The van der Waals surface area contributed by atoms with E-state index in [2.05, 4.69) is 0 Å². The summed E-state index contributed by atoms with van der Waals surface area (Å²) in [6, 6.07) is -0.305.